The van der Waals surface area contributed by atoms with Crippen molar-refractivity contribution in [2.75, 3.05) is 13.2 Å². The summed E-state index contributed by atoms with van der Waals surface area (Å²) in [5, 5.41) is 23.0. The Morgan fingerprint density at radius 3 is 0.910 bits per heavy atom. The smallest absolute Gasteiger partial charge is 0.305 e. The monoisotopic (exact) mass is 1100 g/mol. The van der Waals surface area contributed by atoms with Gasteiger partial charge in [0.25, 0.3) is 0 Å². The topological polar surface area (TPSA) is 95.9 Å². The molecule has 0 aromatic heterocycles. The first-order valence-electron chi connectivity index (χ1n) is 35.6. The highest BCUT2D eigenvalue weighted by molar-refractivity contribution is 5.76. The zero-order chi connectivity index (χ0) is 56.4. The van der Waals surface area contributed by atoms with Crippen LogP contribution >= 0.6 is 0 Å². The lowest BCUT2D eigenvalue weighted by Gasteiger charge is -2.20. The molecule has 2 unspecified atom stereocenters. The van der Waals surface area contributed by atoms with E-state index in [2.05, 4.69) is 31.3 Å². The van der Waals surface area contributed by atoms with Gasteiger partial charge < -0.3 is 20.3 Å². The SMILES string of the molecule is CCCCCCCCC/C=C/C(O)C(CO)NC(=O)CCCCCCCCCCCCCCCCCCC/C=C\CCCCCCCCCCCCCCCCOC(=O)CCCCCCCCCCCCCCCCCCC. The molecule has 0 aliphatic carbocycles. The van der Waals surface area contributed by atoms with E-state index in [1.54, 1.807) is 6.08 Å². The average molecular weight is 1100 g/mol. The zero-order valence-corrected chi connectivity index (χ0v) is 52.9. The largest absolute Gasteiger partial charge is 0.466 e. The van der Waals surface area contributed by atoms with Gasteiger partial charge in [-0.3, -0.25) is 9.59 Å². The third kappa shape index (κ3) is 63.5. The number of aliphatic hydroxyl groups is 2. The molecule has 2 atom stereocenters. The second-order valence-corrected chi connectivity index (χ2v) is 24.6. The number of nitrogens with one attached hydrogen (secondary N) is 1. The summed E-state index contributed by atoms with van der Waals surface area (Å²) in [7, 11) is 0. The van der Waals surface area contributed by atoms with Gasteiger partial charge in [-0.1, -0.05) is 353 Å². The van der Waals surface area contributed by atoms with Gasteiger partial charge in [0, 0.05) is 12.8 Å². The molecule has 0 spiro atoms. The highest BCUT2D eigenvalue weighted by Gasteiger charge is 2.18. The Morgan fingerprint density at radius 2 is 0.603 bits per heavy atom. The number of rotatable bonds is 67. The predicted octanol–water partition coefficient (Wildman–Crippen LogP) is 22.9. The molecule has 6 nitrogen and oxygen atoms in total. The molecular formula is C72H139NO5. The number of ether oxygens (including phenoxy) is 1. The number of esters is 1. The molecule has 0 aliphatic heterocycles. The standard InChI is InChI=1S/C72H139NO5/c1-3-5-7-9-11-13-14-15-16-36-40-43-46-50-54-58-62-66-72(77)78-67-63-59-55-51-47-44-41-38-35-33-31-29-27-25-23-21-19-17-18-20-22-24-26-28-30-32-34-37-39-42-45-49-53-57-61-65-71(76)73-69(68-74)70(75)64-60-56-52-48-12-10-8-6-4-2/h19,21,60,64,69-70,74-75H,3-18,20,22-59,61-63,65-68H2,1-2H3,(H,73,76)/b21-19-,64-60+. The molecule has 0 saturated heterocycles. The van der Waals surface area contributed by atoms with Crippen molar-refractivity contribution in [3.05, 3.63) is 24.3 Å². The fourth-order valence-corrected chi connectivity index (χ4v) is 11.3. The Labute approximate surface area is 488 Å². The molecule has 462 valence electrons. The maximum absolute atomic E-state index is 12.4. The second-order valence-electron chi connectivity index (χ2n) is 24.6. The van der Waals surface area contributed by atoms with Gasteiger partial charge in [-0.2, -0.15) is 0 Å². The van der Waals surface area contributed by atoms with Crippen LogP contribution in [-0.2, 0) is 14.3 Å². The minimum atomic E-state index is -0.839. The van der Waals surface area contributed by atoms with Gasteiger partial charge in [-0.25, -0.2) is 0 Å². The summed E-state index contributed by atoms with van der Waals surface area (Å²) in [6.07, 6.45) is 85.8. The van der Waals surface area contributed by atoms with Crippen LogP contribution in [0.1, 0.15) is 399 Å². The number of carbonyl (C=O) groups is 2. The van der Waals surface area contributed by atoms with E-state index >= 15 is 0 Å². The maximum atomic E-state index is 12.4. The maximum Gasteiger partial charge on any atom is 0.305 e. The number of hydrogen-bond donors (Lipinski definition) is 3. The number of unbranched alkanes of at least 4 members (excludes halogenated alkanes) is 54. The van der Waals surface area contributed by atoms with Crippen LogP contribution in [0.3, 0.4) is 0 Å². The first-order chi connectivity index (χ1) is 38.5. The third-order valence-corrected chi connectivity index (χ3v) is 16.7. The summed E-state index contributed by atoms with van der Waals surface area (Å²) in [5.74, 6) is -0.0411. The van der Waals surface area contributed by atoms with Gasteiger partial charge in [0.1, 0.15) is 0 Å². The van der Waals surface area contributed by atoms with E-state index in [4.69, 9.17) is 4.74 Å². The molecule has 1 amide bonds. The lowest BCUT2D eigenvalue weighted by molar-refractivity contribution is -0.143. The Morgan fingerprint density at radius 1 is 0.346 bits per heavy atom. The fourth-order valence-electron chi connectivity index (χ4n) is 11.3. The van der Waals surface area contributed by atoms with Crippen molar-refractivity contribution in [2.24, 2.45) is 0 Å². The van der Waals surface area contributed by atoms with E-state index in [1.807, 2.05) is 6.08 Å². The molecule has 0 rings (SSSR count). The summed E-state index contributed by atoms with van der Waals surface area (Å²) in [6, 6.07) is -0.622. The number of amides is 1. The number of carbonyl (C=O) groups excluding carboxylic acids is 2. The molecule has 0 fully saturated rings. The van der Waals surface area contributed by atoms with E-state index in [-0.39, 0.29) is 18.5 Å². The molecule has 0 bridgehead atoms. The summed E-state index contributed by atoms with van der Waals surface area (Å²) in [4.78, 5) is 24.5. The van der Waals surface area contributed by atoms with Gasteiger partial charge in [-0.05, 0) is 57.8 Å². The lowest BCUT2D eigenvalue weighted by atomic mass is 10.0. The second kappa shape index (κ2) is 67.8. The minimum Gasteiger partial charge on any atom is -0.466 e. The van der Waals surface area contributed by atoms with E-state index in [9.17, 15) is 19.8 Å². The first-order valence-corrected chi connectivity index (χ1v) is 35.6. The van der Waals surface area contributed by atoms with Crippen molar-refractivity contribution >= 4 is 11.9 Å². The van der Waals surface area contributed by atoms with Crippen LogP contribution in [0.4, 0.5) is 0 Å². The van der Waals surface area contributed by atoms with Crippen LogP contribution in [0.2, 0.25) is 0 Å². The first kappa shape index (κ1) is 76.3. The average Bonchev–Trinajstić information content (AvgIpc) is 3.44. The fraction of sp³-hybridized carbons (Fsp3) is 0.917. The van der Waals surface area contributed by atoms with Gasteiger partial charge in [0.15, 0.2) is 0 Å². The zero-order valence-electron chi connectivity index (χ0n) is 52.9. The lowest BCUT2D eigenvalue weighted by Crippen LogP contribution is -2.45. The molecule has 6 heteroatoms. The van der Waals surface area contributed by atoms with Crippen molar-refractivity contribution in [1.29, 1.82) is 0 Å². The number of allylic oxidation sites excluding steroid dienone is 3. The van der Waals surface area contributed by atoms with E-state index in [0.29, 0.717) is 19.4 Å². The van der Waals surface area contributed by atoms with Crippen molar-refractivity contribution in [1.82, 2.24) is 5.32 Å². The summed E-state index contributed by atoms with van der Waals surface area (Å²) < 4.78 is 5.51. The quantitative estimate of drug-likeness (QED) is 0.0320. The summed E-state index contributed by atoms with van der Waals surface area (Å²) in [5.41, 5.74) is 0. The summed E-state index contributed by atoms with van der Waals surface area (Å²) >= 11 is 0. The summed E-state index contributed by atoms with van der Waals surface area (Å²) in [6.45, 7) is 4.91. The van der Waals surface area contributed by atoms with Crippen molar-refractivity contribution in [3.8, 4) is 0 Å². The molecule has 0 saturated carbocycles. The Hall–Kier alpha value is -1.66. The molecule has 78 heavy (non-hydrogen) atoms. The van der Waals surface area contributed by atoms with E-state index < -0.39 is 12.1 Å². The minimum absolute atomic E-state index is 0.0245. The van der Waals surface area contributed by atoms with Crippen LogP contribution < -0.4 is 5.32 Å². The van der Waals surface area contributed by atoms with Crippen molar-refractivity contribution in [3.63, 3.8) is 0 Å². The van der Waals surface area contributed by atoms with Gasteiger partial charge >= 0.3 is 5.97 Å². The van der Waals surface area contributed by atoms with Crippen molar-refractivity contribution in [2.45, 2.75) is 411 Å². The predicted molar refractivity (Wildman–Crippen MR) is 343 cm³/mol. The van der Waals surface area contributed by atoms with Crippen LogP contribution in [0.5, 0.6) is 0 Å². The van der Waals surface area contributed by atoms with Crippen LogP contribution in [0.25, 0.3) is 0 Å². The normalized spacial score (nSPS) is 12.6. The van der Waals surface area contributed by atoms with Crippen molar-refractivity contribution < 1.29 is 24.5 Å². The molecule has 0 heterocycles. The molecule has 3 N–H and O–H groups in total. The highest BCUT2D eigenvalue weighted by Crippen LogP contribution is 2.19. The van der Waals surface area contributed by atoms with E-state index in [0.717, 1.165) is 38.5 Å². The Balaban J connectivity index is 3.30. The Bertz CT molecular complexity index is 1220. The molecular weight excluding hydrogens is 959 g/mol. The highest BCUT2D eigenvalue weighted by atomic mass is 16.5. The number of aliphatic hydroxyl groups excluding tert-OH is 2. The van der Waals surface area contributed by atoms with E-state index in [1.165, 1.54) is 334 Å². The van der Waals surface area contributed by atoms with Gasteiger partial charge in [0.05, 0.1) is 25.4 Å². The molecule has 0 aromatic rings. The van der Waals surface area contributed by atoms with Crippen LogP contribution in [0, 0.1) is 0 Å². The van der Waals surface area contributed by atoms with Crippen LogP contribution in [0.15, 0.2) is 24.3 Å². The number of hydrogen-bond acceptors (Lipinski definition) is 5. The third-order valence-electron chi connectivity index (χ3n) is 16.7. The van der Waals surface area contributed by atoms with Crippen LogP contribution in [-0.4, -0.2) is 47.4 Å². The molecule has 0 aromatic carbocycles. The molecule has 0 radical (unpaired) electrons. The Kier molecular flexibility index (Phi) is 66.4. The van der Waals surface area contributed by atoms with Gasteiger partial charge in [0.2, 0.25) is 5.91 Å². The molecule has 0 aliphatic rings. The van der Waals surface area contributed by atoms with Gasteiger partial charge in [-0.15, -0.1) is 0 Å².